The van der Waals surface area contributed by atoms with Crippen LogP contribution in [0.25, 0.3) is 6.08 Å². The van der Waals surface area contributed by atoms with Gasteiger partial charge in [0.05, 0.1) is 0 Å². The summed E-state index contributed by atoms with van der Waals surface area (Å²) >= 11 is 0. The maximum absolute atomic E-state index is 12.7. The Bertz CT molecular complexity index is 961. The van der Waals surface area contributed by atoms with E-state index in [-0.39, 0.29) is 23.6 Å². The molecule has 31 heavy (non-hydrogen) atoms. The van der Waals surface area contributed by atoms with Gasteiger partial charge in [-0.05, 0) is 55.2 Å². The molecule has 3 amide bonds. The van der Waals surface area contributed by atoms with Crippen LogP contribution in [0, 0.1) is 5.92 Å². The van der Waals surface area contributed by atoms with E-state index in [1.165, 1.54) is 0 Å². The van der Waals surface area contributed by atoms with E-state index in [2.05, 4.69) is 5.32 Å². The predicted molar refractivity (Wildman–Crippen MR) is 121 cm³/mol. The van der Waals surface area contributed by atoms with Gasteiger partial charge in [0, 0.05) is 49.4 Å². The highest BCUT2D eigenvalue weighted by Gasteiger charge is 2.27. The lowest BCUT2D eigenvalue weighted by Gasteiger charge is -2.30. The Morgan fingerprint density at radius 3 is 2.29 bits per heavy atom. The first-order chi connectivity index (χ1) is 15.1. The van der Waals surface area contributed by atoms with Crippen molar-refractivity contribution in [3.63, 3.8) is 0 Å². The average molecular weight is 418 g/mol. The molecule has 2 fully saturated rings. The molecular weight excluding hydrogens is 390 g/mol. The molecule has 2 heterocycles. The van der Waals surface area contributed by atoms with Crippen LogP contribution in [0.15, 0.2) is 60.7 Å². The lowest BCUT2D eigenvalue weighted by molar-refractivity contribution is -0.130. The first kappa shape index (κ1) is 20.8. The average Bonchev–Trinajstić information content (AvgIpc) is 3.24. The zero-order valence-electron chi connectivity index (χ0n) is 17.5. The third kappa shape index (κ3) is 5.20. The normalized spacial score (nSPS) is 17.4. The van der Waals surface area contributed by atoms with Crippen LogP contribution < -0.4 is 10.2 Å². The second kappa shape index (κ2) is 9.60. The van der Waals surface area contributed by atoms with Crippen molar-refractivity contribution in [1.82, 2.24) is 4.90 Å². The Morgan fingerprint density at radius 2 is 1.65 bits per heavy atom. The van der Waals surface area contributed by atoms with Gasteiger partial charge in [-0.3, -0.25) is 14.4 Å². The van der Waals surface area contributed by atoms with Crippen LogP contribution in [-0.4, -0.2) is 42.3 Å². The molecule has 0 atom stereocenters. The smallest absolute Gasteiger partial charge is 0.246 e. The van der Waals surface area contributed by atoms with Crippen LogP contribution in [0.4, 0.5) is 11.4 Å². The highest BCUT2D eigenvalue weighted by molar-refractivity contribution is 5.96. The van der Waals surface area contributed by atoms with Gasteiger partial charge in [-0.25, -0.2) is 0 Å². The summed E-state index contributed by atoms with van der Waals surface area (Å²) in [6.45, 7) is 1.90. The zero-order valence-corrected chi connectivity index (χ0v) is 17.5. The summed E-state index contributed by atoms with van der Waals surface area (Å²) in [5.74, 6) is 0.00498. The summed E-state index contributed by atoms with van der Waals surface area (Å²) in [7, 11) is 0. The molecule has 0 aliphatic carbocycles. The van der Waals surface area contributed by atoms with Crippen molar-refractivity contribution in [2.75, 3.05) is 29.9 Å². The molecule has 0 saturated carbocycles. The molecule has 0 spiro atoms. The highest BCUT2D eigenvalue weighted by atomic mass is 16.2. The molecule has 6 heteroatoms. The van der Waals surface area contributed by atoms with Crippen LogP contribution in [0.5, 0.6) is 0 Å². The van der Waals surface area contributed by atoms with Crippen molar-refractivity contribution in [1.29, 1.82) is 0 Å². The van der Waals surface area contributed by atoms with E-state index >= 15 is 0 Å². The largest absolute Gasteiger partial charge is 0.339 e. The molecule has 2 saturated heterocycles. The number of hydrogen-bond acceptors (Lipinski definition) is 3. The predicted octanol–water partition coefficient (Wildman–Crippen LogP) is 3.70. The molecule has 0 radical (unpaired) electrons. The molecule has 2 aliphatic heterocycles. The topological polar surface area (TPSA) is 69.7 Å². The molecule has 4 rings (SSSR count). The van der Waals surface area contributed by atoms with Gasteiger partial charge in [0.2, 0.25) is 17.7 Å². The number of carbonyl (C=O) groups is 3. The molecule has 2 aliphatic rings. The summed E-state index contributed by atoms with van der Waals surface area (Å²) in [4.78, 5) is 40.5. The number of amides is 3. The van der Waals surface area contributed by atoms with Crippen LogP contribution >= 0.6 is 0 Å². The fraction of sp³-hybridized carbons (Fsp3) is 0.320. The highest BCUT2D eigenvalue weighted by Crippen LogP contribution is 2.24. The second-order valence-corrected chi connectivity index (χ2v) is 8.03. The Labute approximate surface area is 182 Å². The summed E-state index contributed by atoms with van der Waals surface area (Å²) in [5, 5.41) is 2.97. The van der Waals surface area contributed by atoms with Crippen molar-refractivity contribution in [3.05, 3.63) is 66.2 Å². The van der Waals surface area contributed by atoms with E-state index in [1.807, 2.05) is 60.7 Å². The van der Waals surface area contributed by atoms with Crippen molar-refractivity contribution in [2.45, 2.75) is 25.7 Å². The Balaban J connectivity index is 1.26. The second-order valence-electron chi connectivity index (χ2n) is 8.03. The minimum Gasteiger partial charge on any atom is -0.339 e. The van der Waals surface area contributed by atoms with E-state index in [0.717, 1.165) is 29.9 Å². The number of nitrogens with zero attached hydrogens (tertiary/aromatic N) is 2. The maximum Gasteiger partial charge on any atom is 0.246 e. The first-order valence-corrected chi connectivity index (χ1v) is 10.8. The van der Waals surface area contributed by atoms with Gasteiger partial charge in [-0.2, -0.15) is 0 Å². The number of nitrogens with one attached hydrogen (secondary N) is 1. The number of piperidine rings is 1. The van der Waals surface area contributed by atoms with Crippen molar-refractivity contribution < 1.29 is 14.4 Å². The SMILES string of the molecule is O=C(Nc1ccc(N2CCCC2=O)cc1)C1CCN(C(=O)C=Cc2ccccc2)CC1. The molecule has 2 aromatic rings. The van der Waals surface area contributed by atoms with Crippen LogP contribution in [0.2, 0.25) is 0 Å². The quantitative estimate of drug-likeness (QED) is 0.754. The number of benzene rings is 2. The number of carbonyl (C=O) groups excluding carboxylic acids is 3. The number of likely N-dealkylation sites (tertiary alicyclic amines) is 1. The molecule has 0 aromatic heterocycles. The van der Waals surface area contributed by atoms with E-state index in [9.17, 15) is 14.4 Å². The Hall–Kier alpha value is -3.41. The van der Waals surface area contributed by atoms with Gasteiger partial charge in [0.15, 0.2) is 0 Å². The van der Waals surface area contributed by atoms with Gasteiger partial charge in [-0.1, -0.05) is 30.3 Å². The Kier molecular flexibility index (Phi) is 6.46. The van der Waals surface area contributed by atoms with Gasteiger partial charge in [0.25, 0.3) is 0 Å². The van der Waals surface area contributed by atoms with E-state index in [1.54, 1.807) is 15.9 Å². The summed E-state index contributed by atoms with van der Waals surface area (Å²) < 4.78 is 0. The van der Waals surface area contributed by atoms with Crippen molar-refractivity contribution >= 4 is 35.2 Å². The van der Waals surface area contributed by atoms with Crippen LogP contribution in [-0.2, 0) is 14.4 Å². The van der Waals surface area contributed by atoms with Crippen molar-refractivity contribution in [2.24, 2.45) is 5.92 Å². The standard InChI is InChI=1S/C25H27N3O3/c29-23(13-8-19-5-2-1-3-6-19)27-17-14-20(15-18-27)25(31)26-21-9-11-22(12-10-21)28-16-4-7-24(28)30/h1-3,5-6,8-13,20H,4,7,14-18H2,(H,26,31). The van der Waals surface area contributed by atoms with Crippen LogP contribution in [0.1, 0.15) is 31.2 Å². The maximum atomic E-state index is 12.7. The van der Waals surface area contributed by atoms with E-state index < -0.39 is 0 Å². The molecule has 0 bridgehead atoms. The first-order valence-electron chi connectivity index (χ1n) is 10.8. The molecule has 160 valence electrons. The number of anilines is 2. The minimum absolute atomic E-state index is 0.0167. The van der Waals surface area contributed by atoms with E-state index in [0.29, 0.717) is 32.4 Å². The third-order valence-corrected chi connectivity index (χ3v) is 5.92. The van der Waals surface area contributed by atoms with Gasteiger partial charge < -0.3 is 15.1 Å². The molecule has 1 N–H and O–H groups in total. The van der Waals surface area contributed by atoms with E-state index in [4.69, 9.17) is 0 Å². The molecule has 2 aromatic carbocycles. The van der Waals surface area contributed by atoms with Crippen molar-refractivity contribution in [3.8, 4) is 0 Å². The third-order valence-electron chi connectivity index (χ3n) is 5.92. The number of hydrogen-bond donors (Lipinski definition) is 1. The minimum atomic E-state index is -0.109. The zero-order chi connectivity index (χ0) is 21.6. The fourth-order valence-corrected chi connectivity index (χ4v) is 4.09. The molecule has 6 nitrogen and oxygen atoms in total. The fourth-order valence-electron chi connectivity index (χ4n) is 4.09. The van der Waals surface area contributed by atoms with Crippen LogP contribution in [0.3, 0.4) is 0 Å². The van der Waals surface area contributed by atoms with Gasteiger partial charge in [-0.15, -0.1) is 0 Å². The summed E-state index contributed by atoms with van der Waals surface area (Å²) in [6.07, 6.45) is 6.21. The Morgan fingerprint density at radius 1 is 0.935 bits per heavy atom. The van der Waals surface area contributed by atoms with Gasteiger partial charge in [0.1, 0.15) is 0 Å². The van der Waals surface area contributed by atoms with Gasteiger partial charge >= 0.3 is 0 Å². The monoisotopic (exact) mass is 417 g/mol. The summed E-state index contributed by atoms with van der Waals surface area (Å²) in [6, 6.07) is 17.2. The number of rotatable bonds is 5. The molecule has 0 unspecified atom stereocenters. The summed E-state index contributed by atoms with van der Waals surface area (Å²) in [5.41, 5.74) is 2.59. The molecular formula is C25H27N3O3. The lowest BCUT2D eigenvalue weighted by Crippen LogP contribution is -2.40. The lowest BCUT2D eigenvalue weighted by atomic mass is 9.95.